The lowest BCUT2D eigenvalue weighted by Crippen LogP contribution is -2.44. The second-order valence-corrected chi connectivity index (χ2v) is 3.99. The molecule has 0 bridgehead atoms. The third kappa shape index (κ3) is 5.11. The normalized spacial score (nSPS) is 11.9. The Morgan fingerprint density at radius 1 is 1.33 bits per heavy atom. The number of rotatable bonds is 7. The minimum atomic E-state index is -0.430. The van der Waals surface area contributed by atoms with Gasteiger partial charge in [0.1, 0.15) is 0 Å². The molecule has 0 spiro atoms. The van der Waals surface area contributed by atoms with Gasteiger partial charge in [0.15, 0.2) is 6.29 Å². The van der Waals surface area contributed by atoms with E-state index < -0.39 is 5.41 Å². The standard InChI is InChI=1S/C10H22N2O3/c1-10(2,9(13)11-3)7-12-6-8(14-4)15-5/h8,12H,6-7H2,1-5H3,(H,11,13). The van der Waals surface area contributed by atoms with Gasteiger partial charge in [-0.25, -0.2) is 0 Å². The molecule has 0 aromatic rings. The van der Waals surface area contributed by atoms with Gasteiger partial charge in [-0.2, -0.15) is 0 Å². The Hall–Kier alpha value is -0.650. The van der Waals surface area contributed by atoms with E-state index in [9.17, 15) is 4.79 Å². The summed E-state index contributed by atoms with van der Waals surface area (Å²) in [6, 6.07) is 0. The molecule has 5 heteroatoms. The molecule has 0 rings (SSSR count). The highest BCUT2D eigenvalue weighted by molar-refractivity contribution is 5.81. The highest BCUT2D eigenvalue weighted by atomic mass is 16.7. The van der Waals surface area contributed by atoms with Crippen LogP contribution in [0.25, 0.3) is 0 Å². The molecule has 15 heavy (non-hydrogen) atoms. The zero-order valence-corrected chi connectivity index (χ0v) is 10.2. The van der Waals surface area contributed by atoms with Crippen LogP contribution in [0.15, 0.2) is 0 Å². The molecule has 0 aliphatic carbocycles. The Balaban J connectivity index is 3.88. The van der Waals surface area contributed by atoms with Crippen LogP contribution >= 0.6 is 0 Å². The lowest BCUT2D eigenvalue weighted by atomic mass is 9.92. The molecule has 0 saturated carbocycles. The van der Waals surface area contributed by atoms with E-state index in [-0.39, 0.29) is 12.2 Å². The SMILES string of the molecule is CNC(=O)C(C)(C)CNCC(OC)OC. The number of carbonyl (C=O) groups excluding carboxylic acids is 1. The van der Waals surface area contributed by atoms with Gasteiger partial charge in [0.25, 0.3) is 0 Å². The fourth-order valence-corrected chi connectivity index (χ4v) is 1.18. The molecule has 0 aromatic heterocycles. The number of nitrogens with one attached hydrogen (secondary N) is 2. The van der Waals surface area contributed by atoms with E-state index in [1.54, 1.807) is 21.3 Å². The molecule has 0 heterocycles. The first-order valence-corrected chi connectivity index (χ1v) is 4.96. The number of ether oxygens (including phenoxy) is 2. The van der Waals surface area contributed by atoms with Gasteiger partial charge in [0, 0.05) is 34.4 Å². The summed E-state index contributed by atoms with van der Waals surface area (Å²) in [5, 5.41) is 5.76. The first kappa shape index (κ1) is 14.3. The van der Waals surface area contributed by atoms with Crippen LogP contribution in [0.5, 0.6) is 0 Å². The van der Waals surface area contributed by atoms with Crippen LogP contribution in [0, 0.1) is 5.41 Å². The van der Waals surface area contributed by atoms with Gasteiger partial charge in [-0.15, -0.1) is 0 Å². The summed E-state index contributed by atoms with van der Waals surface area (Å²) in [6.45, 7) is 4.91. The van der Waals surface area contributed by atoms with Crippen molar-refractivity contribution in [2.45, 2.75) is 20.1 Å². The zero-order valence-electron chi connectivity index (χ0n) is 10.2. The van der Waals surface area contributed by atoms with Crippen molar-refractivity contribution in [3.63, 3.8) is 0 Å². The smallest absolute Gasteiger partial charge is 0.226 e. The first-order valence-electron chi connectivity index (χ1n) is 4.96. The summed E-state index contributed by atoms with van der Waals surface area (Å²) in [4.78, 5) is 11.4. The summed E-state index contributed by atoms with van der Waals surface area (Å²) in [7, 11) is 4.80. The lowest BCUT2D eigenvalue weighted by molar-refractivity contribution is -0.129. The van der Waals surface area contributed by atoms with Crippen LogP contribution in [0.2, 0.25) is 0 Å². The topological polar surface area (TPSA) is 59.6 Å². The summed E-state index contributed by atoms with van der Waals surface area (Å²) < 4.78 is 10.0. The molecule has 90 valence electrons. The summed E-state index contributed by atoms with van der Waals surface area (Å²) in [6.07, 6.45) is -0.273. The lowest BCUT2D eigenvalue weighted by Gasteiger charge is -2.24. The van der Waals surface area contributed by atoms with E-state index in [2.05, 4.69) is 10.6 Å². The second kappa shape index (κ2) is 6.76. The largest absolute Gasteiger partial charge is 0.359 e. The van der Waals surface area contributed by atoms with Crippen molar-refractivity contribution in [2.24, 2.45) is 5.41 Å². The minimum Gasteiger partial charge on any atom is -0.359 e. The number of carbonyl (C=O) groups is 1. The third-order valence-electron chi connectivity index (χ3n) is 2.25. The molecule has 0 atom stereocenters. The Bertz CT molecular complexity index is 191. The molecular weight excluding hydrogens is 196 g/mol. The van der Waals surface area contributed by atoms with Crippen molar-refractivity contribution in [1.29, 1.82) is 0 Å². The molecule has 1 amide bonds. The van der Waals surface area contributed by atoms with Crippen LogP contribution in [-0.2, 0) is 14.3 Å². The molecule has 0 aliphatic heterocycles. The maximum atomic E-state index is 11.4. The fraction of sp³-hybridized carbons (Fsp3) is 0.900. The predicted octanol–water partition coefficient (Wildman–Crippen LogP) is -0.0329. The van der Waals surface area contributed by atoms with Gasteiger partial charge in [-0.3, -0.25) is 4.79 Å². The molecular formula is C10H22N2O3. The molecule has 0 saturated heterocycles. The zero-order chi connectivity index (χ0) is 11.9. The van der Waals surface area contributed by atoms with Crippen LogP contribution in [-0.4, -0.2) is 46.6 Å². The maximum Gasteiger partial charge on any atom is 0.226 e. The highest BCUT2D eigenvalue weighted by Gasteiger charge is 2.26. The molecule has 0 aliphatic rings. The van der Waals surface area contributed by atoms with Gasteiger partial charge in [0.05, 0.1) is 5.41 Å². The molecule has 0 unspecified atom stereocenters. The van der Waals surface area contributed by atoms with Gasteiger partial charge >= 0.3 is 0 Å². The average Bonchev–Trinajstić information content (AvgIpc) is 2.23. The number of hydrogen-bond acceptors (Lipinski definition) is 4. The fourth-order valence-electron chi connectivity index (χ4n) is 1.18. The van der Waals surface area contributed by atoms with E-state index >= 15 is 0 Å². The quantitative estimate of drug-likeness (QED) is 0.589. The molecule has 0 fully saturated rings. The second-order valence-electron chi connectivity index (χ2n) is 3.99. The Labute approximate surface area is 91.5 Å². The average molecular weight is 218 g/mol. The number of methoxy groups -OCH3 is 2. The Kier molecular flexibility index (Phi) is 6.47. The van der Waals surface area contributed by atoms with Crippen molar-refractivity contribution in [3.05, 3.63) is 0 Å². The summed E-state index contributed by atoms with van der Waals surface area (Å²) in [5.41, 5.74) is -0.430. The maximum absolute atomic E-state index is 11.4. The molecule has 5 nitrogen and oxygen atoms in total. The molecule has 0 aromatic carbocycles. The molecule has 2 N–H and O–H groups in total. The van der Waals surface area contributed by atoms with Crippen molar-refractivity contribution in [3.8, 4) is 0 Å². The Morgan fingerprint density at radius 3 is 2.27 bits per heavy atom. The Morgan fingerprint density at radius 2 is 1.87 bits per heavy atom. The summed E-state index contributed by atoms with van der Waals surface area (Å²) >= 11 is 0. The van der Waals surface area contributed by atoms with Crippen molar-refractivity contribution in [1.82, 2.24) is 10.6 Å². The minimum absolute atomic E-state index is 0.0152. The van der Waals surface area contributed by atoms with Gasteiger partial charge < -0.3 is 20.1 Å². The van der Waals surface area contributed by atoms with E-state index in [0.717, 1.165) is 0 Å². The van der Waals surface area contributed by atoms with E-state index in [4.69, 9.17) is 9.47 Å². The van der Waals surface area contributed by atoms with Gasteiger partial charge in [0.2, 0.25) is 5.91 Å². The molecule has 0 radical (unpaired) electrons. The van der Waals surface area contributed by atoms with E-state index in [1.165, 1.54) is 0 Å². The van der Waals surface area contributed by atoms with Crippen molar-refractivity contribution < 1.29 is 14.3 Å². The van der Waals surface area contributed by atoms with Gasteiger partial charge in [-0.05, 0) is 13.8 Å². The van der Waals surface area contributed by atoms with Crippen molar-refractivity contribution in [2.75, 3.05) is 34.4 Å². The third-order valence-corrected chi connectivity index (χ3v) is 2.25. The number of hydrogen-bond donors (Lipinski definition) is 2. The predicted molar refractivity (Wildman–Crippen MR) is 58.5 cm³/mol. The van der Waals surface area contributed by atoms with Crippen LogP contribution in [0.1, 0.15) is 13.8 Å². The van der Waals surface area contributed by atoms with Gasteiger partial charge in [-0.1, -0.05) is 0 Å². The first-order chi connectivity index (χ1) is 6.97. The summed E-state index contributed by atoms with van der Waals surface area (Å²) in [5.74, 6) is 0.0152. The van der Waals surface area contributed by atoms with Crippen LogP contribution in [0.4, 0.5) is 0 Å². The van der Waals surface area contributed by atoms with E-state index in [1.807, 2.05) is 13.8 Å². The monoisotopic (exact) mass is 218 g/mol. The number of amides is 1. The van der Waals surface area contributed by atoms with Crippen LogP contribution < -0.4 is 10.6 Å². The highest BCUT2D eigenvalue weighted by Crippen LogP contribution is 2.12. The van der Waals surface area contributed by atoms with Crippen LogP contribution in [0.3, 0.4) is 0 Å². The van der Waals surface area contributed by atoms with E-state index in [0.29, 0.717) is 13.1 Å². The van der Waals surface area contributed by atoms with Crippen molar-refractivity contribution >= 4 is 5.91 Å².